The molecule has 1 amide bonds. The van der Waals surface area contributed by atoms with Crippen molar-refractivity contribution in [2.45, 2.75) is 13.8 Å². The van der Waals surface area contributed by atoms with Crippen molar-refractivity contribution in [3.63, 3.8) is 0 Å². The summed E-state index contributed by atoms with van der Waals surface area (Å²) < 4.78 is 9.76. The summed E-state index contributed by atoms with van der Waals surface area (Å²) in [6.45, 7) is 3.55. The lowest BCUT2D eigenvalue weighted by Gasteiger charge is -2.03. The Bertz CT molecular complexity index is 942. The third-order valence-corrected chi connectivity index (χ3v) is 4.31. The van der Waals surface area contributed by atoms with E-state index in [-0.39, 0.29) is 17.2 Å². The molecule has 8 nitrogen and oxygen atoms in total. The number of carbonyl (C=O) groups excluding carboxylic acids is 2. The molecule has 0 aliphatic rings. The van der Waals surface area contributed by atoms with E-state index in [1.54, 1.807) is 13.8 Å². The van der Waals surface area contributed by atoms with Crippen LogP contribution in [0.3, 0.4) is 0 Å². The molecule has 0 aliphatic carbocycles. The fraction of sp³-hybridized carbons (Fsp3) is 0.167. The molecule has 3 rings (SSSR count). The van der Waals surface area contributed by atoms with Gasteiger partial charge in [0.25, 0.3) is 5.91 Å². The molecule has 9 heteroatoms. The second-order valence-corrected chi connectivity index (χ2v) is 6.25. The Labute approximate surface area is 159 Å². The van der Waals surface area contributed by atoms with Crippen molar-refractivity contribution < 1.29 is 19.1 Å². The van der Waals surface area contributed by atoms with Crippen LogP contribution < -0.4 is 10.1 Å². The minimum Gasteiger partial charge on any atom is -0.434 e. The molecule has 0 spiro atoms. The first-order chi connectivity index (χ1) is 13.1. The second kappa shape index (κ2) is 8.37. The molecule has 3 aromatic rings. The van der Waals surface area contributed by atoms with Crippen molar-refractivity contribution in [2.75, 3.05) is 11.9 Å². The minimum absolute atomic E-state index is 0.208. The summed E-state index contributed by atoms with van der Waals surface area (Å²) in [6, 6.07) is 9.46. The van der Waals surface area contributed by atoms with E-state index < -0.39 is 12.1 Å². The molecular formula is C18H16N4O4S. The van der Waals surface area contributed by atoms with Gasteiger partial charge in [-0.05, 0) is 13.8 Å². The third-order valence-electron chi connectivity index (χ3n) is 3.36. The Morgan fingerprint density at radius 2 is 1.85 bits per heavy atom. The fourth-order valence-electron chi connectivity index (χ4n) is 2.10. The number of amides is 1. The number of anilines is 1. The minimum atomic E-state index is -0.813. The summed E-state index contributed by atoms with van der Waals surface area (Å²) in [4.78, 5) is 36.4. The van der Waals surface area contributed by atoms with Crippen LogP contribution in [0.2, 0.25) is 0 Å². The molecule has 0 aliphatic heterocycles. The van der Waals surface area contributed by atoms with Crippen LogP contribution in [0.15, 0.2) is 42.7 Å². The molecule has 0 fully saturated rings. The summed E-state index contributed by atoms with van der Waals surface area (Å²) in [5.41, 5.74) is 1.62. The number of ether oxygens (including phenoxy) is 2. The van der Waals surface area contributed by atoms with Crippen molar-refractivity contribution in [1.82, 2.24) is 15.0 Å². The fourth-order valence-corrected chi connectivity index (χ4v) is 2.91. The quantitative estimate of drug-likeness (QED) is 0.669. The first-order valence-corrected chi connectivity index (χ1v) is 8.89. The highest BCUT2D eigenvalue weighted by Gasteiger charge is 2.16. The number of aromatic nitrogens is 3. The number of benzene rings is 1. The highest BCUT2D eigenvalue weighted by molar-refractivity contribution is 7.17. The topological polar surface area (TPSA) is 103 Å². The Balaban J connectivity index is 1.68. The largest absolute Gasteiger partial charge is 0.514 e. The first kappa shape index (κ1) is 18.5. The van der Waals surface area contributed by atoms with E-state index in [9.17, 15) is 9.59 Å². The van der Waals surface area contributed by atoms with E-state index in [4.69, 9.17) is 9.47 Å². The molecule has 0 radical (unpaired) electrons. The highest BCUT2D eigenvalue weighted by Crippen LogP contribution is 2.30. The molecule has 1 aromatic carbocycles. The van der Waals surface area contributed by atoms with E-state index in [1.165, 1.54) is 12.4 Å². The predicted molar refractivity (Wildman–Crippen MR) is 99.9 cm³/mol. The number of rotatable bonds is 5. The normalized spacial score (nSPS) is 10.3. The molecule has 0 unspecified atom stereocenters. The third kappa shape index (κ3) is 4.64. The number of hydrogen-bond donors (Lipinski definition) is 1. The molecule has 1 N–H and O–H groups in total. The zero-order chi connectivity index (χ0) is 19.2. The maximum atomic E-state index is 12.4. The molecule has 138 valence electrons. The van der Waals surface area contributed by atoms with Crippen molar-refractivity contribution in [3.05, 3.63) is 54.0 Å². The molecule has 0 atom stereocenters. The van der Waals surface area contributed by atoms with Crippen LogP contribution >= 0.6 is 11.3 Å². The number of thiazole rings is 1. The van der Waals surface area contributed by atoms with Gasteiger partial charge in [-0.25, -0.2) is 19.7 Å². The van der Waals surface area contributed by atoms with Gasteiger partial charge in [0.1, 0.15) is 0 Å². The first-order valence-electron chi connectivity index (χ1n) is 8.07. The Morgan fingerprint density at radius 1 is 1.15 bits per heavy atom. The molecule has 2 aromatic heterocycles. The smallest absolute Gasteiger partial charge is 0.434 e. The summed E-state index contributed by atoms with van der Waals surface area (Å²) >= 11 is 1.03. The summed E-state index contributed by atoms with van der Waals surface area (Å²) in [6.07, 6.45) is 2.08. The Kier molecular flexibility index (Phi) is 5.72. The van der Waals surface area contributed by atoms with Gasteiger partial charge >= 0.3 is 6.16 Å². The van der Waals surface area contributed by atoms with Gasteiger partial charge in [0, 0.05) is 18.0 Å². The van der Waals surface area contributed by atoms with Gasteiger partial charge in [0.05, 0.1) is 17.9 Å². The average molecular weight is 384 g/mol. The van der Waals surface area contributed by atoms with Crippen LogP contribution in [0.4, 0.5) is 9.93 Å². The maximum absolute atomic E-state index is 12.4. The van der Waals surface area contributed by atoms with Gasteiger partial charge in [0.2, 0.25) is 5.06 Å². The highest BCUT2D eigenvalue weighted by atomic mass is 32.1. The molecule has 0 bridgehead atoms. The number of hydrogen-bond acceptors (Lipinski definition) is 8. The maximum Gasteiger partial charge on any atom is 0.514 e. The van der Waals surface area contributed by atoms with Crippen LogP contribution in [-0.2, 0) is 4.74 Å². The molecule has 2 heterocycles. The van der Waals surface area contributed by atoms with Crippen molar-refractivity contribution in [2.24, 2.45) is 0 Å². The van der Waals surface area contributed by atoms with Crippen molar-refractivity contribution in [1.29, 1.82) is 0 Å². The van der Waals surface area contributed by atoms with E-state index in [2.05, 4.69) is 20.3 Å². The van der Waals surface area contributed by atoms with Gasteiger partial charge < -0.3 is 9.47 Å². The zero-order valence-corrected chi connectivity index (χ0v) is 15.4. The lowest BCUT2D eigenvalue weighted by molar-refractivity contribution is 0.102. The number of nitrogens with zero attached hydrogens (tertiary/aromatic N) is 3. The van der Waals surface area contributed by atoms with Crippen LogP contribution in [0.1, 0.15) is 23.0 Å². The number of carbonyl (C=O) groups is 2. The van der Waals surface area contributed by atoms with Gasteiger partial charge in [-0.2, -0.15) is 0 Å². The Morgan fingerprint density at radius 3 is 2.52 bits per heavy atom. The summed E-state index contributed by atoms with van der Waals surface area (Å²) in [5, 5.41) is 3.20. The lowest BCUT2D eigenvalue weighted by Crippen LogP contribution is -2.12. The molecule has 27 heavy (non-hydrogen) atoms. The predicted octanol–water partition coefficient (Wildman–Crippen LogP) is 3.70. The zero-order valence-electron chi connectivity index (χ0n) is 14.6. The Hall–Kier alpha value is -3.33. The summed E-state index contributed by atoms with van der Waals surface area (Å²) in [5.74, 6) is 0.119. The SMILES string of the molecule is CCOC(=O)Oc1sc(NC(=O)c2cnc(-c3ccccc3)nc2)nc1C. The molecule has 0 saturated heterocycles. The van der Waals surface area contributed by atoms with Gasteiger partial charge in [-0.1, -0.05) is 41.7 Å². The van der Waals surface area contributed by atoms with Crippen LogP contribution in [0.25, 0.3) is 11.4 Å². The van der Waals surface area contributed by atoms with E-state index in [0.717, 1.165) is 16.9 Å². The van der Waals surface area contributed by atoms with Gasteiger partial charge in [-0.15, -0.1) is 0 Å². The van der Waals surface area contributed by atoms with E-state index >= 15 is 0 Å². The lowest BCUT2D eigenvalue weighted by atomic mass is 10.2. The molecule has 0 saturated carbocycles. The van der Waals surface area contributed by atoms with Crippen molar-refractivity contribution in [3.8, 4) is 16.5 Å². The average Bonchev–Trinajstić information content (AvgIpc) is 3.01. The van der Waals surface area contributed by atoms with Gasteiger partial charge in [-0.3, -0.25) is 10.1 Å². The van der Waals surface area contributed by atoms with E-state index in [0.29, 0.717) is 16.6 Å². The van der Waals surface area contributed by atoms with E-state index in [1.807, 2.05) is 30.3 Å². The number of nitrogens with one attached hydrogen (secondary N) is 1. The van der Waals surface area contributed by atoms with Crippen LogP contribution in [-0.4, -0.2) is 33.6 Å². The van der Waals surface area contributed by atoms with Crippen molar-refractivity contribution >= 4 is 28.5 Å². The van der Waals surface area contributed by atoms with Crippen LogP contribution in [0, 0.1) is 6.92 Å². The number of aryl methyl sites for hydroxylation is 1. The summed E-state index contributed by atoms with van der Waals surface area (Å²) in [7, 11) is 0. The monoisotopic (exact) mass is 384 g/mol. The molecular weight excluding hydrogens is 368 g/mol. The second-order valence-electron chi connectivity index (χ2n) is 5.29. The van der Waals surface area contributed by atoms with Gasteiger partial charge in [0.15, 0.2) is 11.0 Å². The van der Waals surface area contributed by atoms with Crippen LogP contribution in [0.5, 0.6) is 5.06 Å². The standard InChI is InChI=1S/C18H16N4O4S/c1-3-25-18(24)26-16-11(2)21-17(27-16)22-15(23)13-9-19-14(20-10-13)12-7-5-4-6-8-12/h4-10H,3H2,1-2H3,(H,21,22,23).